The molecular formula is C24H32N2O4. The van der Waals surface area contributed by atoms with E-state index in [1.54, 1.807) is 6.92 Å². The van der Waals surface area contributed by atoms with Gasteiger partial charge in [0, 0.05) is 12.3 Å². The normalized spacial score (nSPS) is 15.6. The number of hydrogen-bond donors (Lipinski definition) is 1. The van der Waals surface area contributed by atoms with Gasteiger partial charge in [0.1, 0.15) is 11.5 Å². The number of nitrogens with one attached hydrogen (secondary N) is 1. The van der Waals surface area contributed by atoms with Gasteiger partial charge in [-0.2, -0.15) is 0 Å². The Morgan fingerprint density at radius 1 is 1.27 bits per heavy atom. The molecule has 1 amide bonds. The Morgan fingerprint density at radius 2 is 2.03 bits per heavy atom. The van der Waals surface area contributed by atoms with Crippen LogP contribution in [0.2, 0.25) is 0 Å². The van der Waals surface area contributed by atoms with Crippen LogP contribution in [0, 0.1) is 12.8 Å². The largest absolute Gasteiger partial charge is 0.445 e. The van der Waals surface area contributed by atoms with Crippen molar-refractivity contribution in [1.29, 1.82) is 0 Å². The molecule has 1 fully saturated rings. The summed E-state index contributed by atoms with van der Waals surface area (Å²) >= 11 is 0. The summed E-state index contributed by atoms with van der Waals surface area (Å²) in [6.07, 6.45) is 10.6. The van der Waals surface area contributed by atoms with Gasteiger partial charge in [0.05, 0.1) is 6.61 Å². The standard InChI is InChI=1S/C24H32N2O4/c1-18-22(16-27)25-24(30-18)21(14-8-13-19-9-4-2-5-10-19)15-23(28)26-29-17-20-11-6-3-7-12-20/h3,6-7,11-12,16,19,21H,2,4-5,8-10,13-15,17H2,1H3,(H,26,28). The zero-order valence-corrected chi connectivity index (χ0v) is 17.8. The van der Waals surface area contributed by atoms with E-state index in [-0.39, 0.29) is 18.2 Å². The van der Waals surface area contributed by atoms with Crippen molar-refractivity contribution >= 4 is 12.2 Å². The van der Waals surface area contributed by atoms with Crippen LogP contribution >= 0.6 is 0 Å². The first-order valence-corrected chi connectivity index (χ1v) is 11.0. The number of hydrogen-bond acceptors (Lipinski definition) is 5. The molecule has 1 unspecified atom stereocenters. The summed E-state index contributed by atoms with van der Waals surface area (Å²) in [7, 11) is 0. The molecule has 1 aliphatic carbocycles. The molecule has 0 saturated heterocycles. The second-order valence-corrected chi connectivity index (χ2v) is 8.25. The second kappa shape index (κ2) is 11.6. The van der Waals surface area contributed by atoms with Gasteiger partial charge in [-0.05, 0) is 24.8 Å². The van der Waals surface area contributed by atoms with Crippen molar-refractivity contribution in [3.8, 4) is 0 Å². The van der Waals surface area contributed by atoms with Gasteiger partial charge in [-0.25, -0.2) is 10.5 Å². The van der Waals surface area contributed by atoms with Crippen LogP contribution in [0.4, 0.5) is 0 Å². The van der Waals surface area contributed by atoms with Crippen LogP contribution in [0.25, 0.3) is 0 Å². The highest BCUT2D eigenvalue weighted by Crippen LogP contribution is 2.31. The minimum Gasteiger partial charge on any atom is -0.445 e. The number of aromatic nitrogens is 1. The van der Waals surface area contributed by atoms with Crippen LogP contribution in [-0.4, -0.2) is 17.2 Å². The van der Waals surface area contributed by atoms with E-state index in [9.17, 15) is 9.59 Å². The van der Waals surface area contributed by atoms with Crippen LogP contribution in [0.3, 0.4) is 0 Å². The molecule has 0 aliphatic heterocycles. The van der Waals surface area contributed by atoms with Gasteiger partial charge in [0.25, 0.3) is 0 Å². The molecule has 1 aromatic heterocycles. The fourth-order valence-corrected chi connectivity index (χ4v) is 4.19. The summed E-state index contributed by atoms with van der Waals surface area (Å²) in [5.41, 5.74) is 3.82. The van der Waals surface area contributed by atoms with E-state index in [0.717, 1.165) is 24.3 Å². The molecule has 1 N–H and O–H groups in total. The number of aryl methyl sites for hydroxylation is 1. The van der Waals surface area contributed by atoms with Gasteiger partial charge in [-0.15, -0.1) is 0 Å². The van der Waals surface area contributed by atoms with Gasteiger partial charge < -0.3 is 4.42 Å². The summed E-state index contributed by atoms with van der Waals surface area (Å²) < 4.78 is 5.72. The number of amides is 1. The van der Waals surface area contributed by atoms with Crippen LogP contribution in [0.5, 0.6) is 0 Å². The van der Waals surface area contributed by atoms with Crippen molar-refractivity contribution in [3.63, 3.8) is 0 Å². The van der Waals surface area contributed by atoms with Gasteiger partial charge in [0.15, 0.2) is 12.2 Å². The van der Waals surface area contributed by atoms with Crippen molar-refractivity contribution in [3.05, 3.63) is 53.2 Å². The van der Waals surface area contributed by atoms with E-state index < -0.39 is 0 Å². The SMILES string of the molecule is Cc1oc(C(CCCC2CCCCC2)CC(=O)NOCc2ccccc2)nc1C=O. The first kappa shape index (κ1) is 22.2. The number of aldehydes is 1. The molecule has 30 heavy (non-hydrogen) atoms. The Morgan fingerprint density at radius 3 is 2.73 bits per heavy atom. The maximum absolute atomic E-state index is 12.5. The van der Waals surface area contributed by atoms with Crippen molar-refractivity contribution in [2.45, 2.75) is 77.2 Å². The topological polar surface area (TPSA) is 81.4 Å². The van der Waals surface area contributed by atoms with Crippen LogP contribution in [0.1, 0.15) is 91.4 Å². The molecule has 3 rings (SSSR count). The molecule has 6 nitrogen and oxygen atoms in total. The minimum atomic E-state index is -0.211. The summed E-state index contributed by atoms with van der Waals surface area (Å²) in [4.78, 5) is 33.3. The predicted molar refractivity (Wildman–Crippen MR) is 114 cm³/mol. The molecule has 1 aliphatic rings. The van der Waals surface area contributed by atoms with Gasteiger partial charge in [-0.1, -0.05) is 75.3 Å². The fraction of sp³-hybridized carbons (Fsp3) is 0.542. The maximum Gasteiger partial charge on any atom is 0.244 e. The van der Waals surface area contributed by atoms with Crippen LogP contribution in [-0.2, 0) is 16.2 Å². The number of rotatable bonds is 11. The minimum absolute atomic E-state index is 0.165. The average molecular weight is 413 g/mol. The third-order valence-corrected chi connectivity index (χ3v) is 5.90. The molecule has 1 saturated carbocycles. The third kappa shape index (κ3) is 6.80. The lowest BCUT2D eigenvalue weighted by atomic mass is 9.84. The van der Waals surface area contributed by atoms with Gasteiger partial charge in [0.2, 0.25) is 5.91 Å². The first-order valence-electron chi connectivity index (χ1n) is 11.0. The lowest BCUT2D eigenvalue weighted by molar-refractivity contribution is -0.135. The molecular weight excluding hydrogens is 380 g/mol. The molecule has 0 bridgehead atoms. The molecule has 162 valence electrons. The molecule has 6 heteroatoms. The Kier molecular flexibility index (Phi) is 8.63. The number of nitrogens with zero attached hydrogens (tertiary/aromatic N) is 1. The molecule has 0 radical (unpaired) electrons. The monoisotopic (exact) mass is 412 g/mol. The Labute approximate surface area is 178 Å². The average Bonchev–Trinajstić information content (AvgIpc) is 3.15. The number of oxazole rings is 1. The number of carbonyl (C=O) groups excluding carboxylic acids is 2. The second-order valence-electron chi connectivity index (χ2n) is 8.25. The van der Waals surface area contributed by atoms with Crippen molar-refractivity contribution in [1.82, 2.24) is 10.5 Å². The van der Waals surface area contributed by atoms with E-state index in [1.165, 1.54) is 38.5 Å². The lowest BCUT2D eigenvalue weighted by Gasteiger charge is -2.22. The summed E-state index contributed by atoms with van der Waals surface area (Å²) in [6, 6.07) is 9.68. The van der Waals surface area contributed by atoms with Crippen LogP contribution in [0.15, 0.2) is 34.7 Å². The lowest BCUT2D eigenvalue weighted by Crippen LogP contribution is -2.25. The number of hydroxylamine groups is 1. The highest BCUT2D eigenvalue weighted by molar-refractivity contribution is 5.76. The summed E-state index contributed by atoms with van der Waals surface area (Å²) in [5, 5.41) is 0. The quantitative estimate of drug-likeness (QED) is 0.402. The molecule has 1 atom stereocenters. The van der Waals surface area contributed by atoms with E-state index in [4.69, 9.17) is 9.25 Å². The predicted octanol–water partition coefficient (Wildman–Crippen LogP) is 5.27. The molecule has 0 spiro atoms. The van der Waals surface area contributed by atoms with Crippen molar-refractivity contribution < 1.29 is 18.8 Å². The Hall–Kier alpha value is -2.47. The Balaban J connectivity index is 1.53. The number of benzene rings is 1. The third-order valence-electron chi connectivity index (χ3n) is 5.90. The zero-order valence-electron chi connectivity index (χ0n) is 17.8. The highest BCUT2D eigenvalue weighted by Gasteiger charge is 2.23. The first-order chi connectivity index (χ1) is 14.7. The van der Waals surface area contributed by atoms with Crippen molar-refractivity contribution in [2.75, 3.05) is 0 Å². The van der Waals surface area contributed by atoms with E-state index in [2.05, 4.69) is 10.5 Å². The highest BCUT2D eigenvalue weighted by atomic mass is 16.6. The van der Waals surface area contributed by atoms with Gasteiger partial charge >= 0.3 is 0 Å². The molecule has 1 heterocycles. The van der Waals surface area contributed by atoms with E-state index in [0.29, 0.717) is 30.2 Å². The summed E-state index contributed by atoms with van der Waals surface area (Å²) in [5.74, 6) is 1.38. The van der Waals surface area contributed by atoms with Crippen molar-refractivity contribution in [2.24, 2.45) is 5.92 Å². The molecule has 2 aromatic rings. The Bertz CT molecular complexity index is 797. The smallest absolute Gasteiger partial charge is 0.244 e. The zero-order chi connectivity index (χ0) is 21.2. The van der Waals surface area contributed by atoms with Crippen LogP contribution < -0.4 is 5.48 Å². The molecule has 1 aromatic carbocycles. The number of carbonyl (C=O) groups is 2. The van der Waals surface area contributed by atoms with Gasteiger partial charge in [-0.3, -0.25) is 14.4 Å². The van der Waals surface area contributed by atoms with E-state index >= 15 is 0 Å². The van der Waals surface area contributed by atoms with E-state index in [1.807, 2.05) is 30.3 Å². The summed E-state index contributed by atoms with van der Waals surface area (Å²) in [6.45, 7) is 2.04. The maximum atomic E-state index is 12.5. The fourth-order valence-electron chi connectivity index (χ4n) is 4.19.